The van der Waals surface area contributed by atoms with Crippen molar-refractivity contribution in [2.45, 2.75) is 25.5 Å². The summed E-state index contributed by atoms with van der Waals surface area (Å²) in [6.07, 6.45) is 4.02. The molecule has 3 rings (SSSR count). The van der Waals surface area contributed by atoms with Crippen molar-refractivity contribution in [3.05, 3.63) is 38.8 Å². The van der Waals surface area contributed by atoms with Crippen LogP contribution in [-0.2, 0) is 11.3 Å². The van der Waals surface area contributed by atoms with E-state index in [1.165, 1.54) is 0 Å². The van der Waals surface area contributed by atoms with Gasteiger partial charge >= 0.3 is 5.97 Å². The van der Waals surface area contributed by atoms with Crippen molar-refractivity contribution in [1.82, 2.24) is 4.57 Å². The molecule has 0 saturated heterocycles. The highest BCUT2D eigenvalue weighted by Gasteiger charge is 2.28. The largest absolute Gasteiger partial charge is 0.455 e. The van der Waals surface area contributed by atoms with E-state index in [0.29, 0.717) is 24.0 Å². The van der Waals surface area contributed by atoms with Gasteiger partial charge in [-0.1, -0.05) is 0 Å². The molecule has 0 radical (unpaired) electrons. The quantitative estimate of drug-likeness (QED) is 0.865. The van der Waals surface area contributed by atoms with Gasteiger partial charge in [0, 0.05) is 17.1 Å². The third-order valence-electron chi connectivity index (χ3n) is 2.99. The number of carbonyl (C=O) groups excluding carboxylic acids is 1. The highest BCUT2D eigenvalue weighted by molar-refractivity contribution is 9.11. The minimum atomic E-state index is -0.312. The van der Waals surface area contributed by atoms with Crippen LogP contribution in [0.5, 0.6) is 0 Å². The van der Waals surface area contributed by atoms with Crippen LogP contribution < -0.4 is 5.73 Å². The van der Waals surface area contributed by atoms with E-state index in [1.807, 2.05) is 22.9 Å². The molecular weight excluding hydrogens is 328 g/mol. The van der Waals surface area contributed by atoms with Crippen molar-refractivity contribution < 1.29 is 9.53 Å². The van der Waals surface area contributed by atoms with Crippen molar-refractivity contribution in [2.75, 3.05) is 5.73 Å². The Morgan fingerprint density at radius 1 is 1.53 bits per heavy atom. The van der Waals surface area contributed by atoms with Gasteiger partial charge in [0.2, 0.25) is 0 Å². The minimum absolute atomic E-state index is 0.296. The standard InChI is InChI=1S/C13H13BrN2O2S/c14-12-4-3-10(19-12)7-18-13(17)11-5-8(15)6-16(11)9-1-2-9/h3-6,9H,1-2,7,15H2. The number of anilines is 1. The van der Waals surface area contributed by atoms with E-state index in [1.54, 1.807) is 17.4 Å². The molecule has 1 aliphatic carbocycles. The number of rotatable bonds is 4. The summed E-state index contributed by atoms with van der Waals surface area (Å²) in [4.78, 5) is 13.1. The van der Waals surface area contributed by atoms with Gasteiger partial charge in [-0.15, -0.1) is 11.3 Å². The van der Waals surface area contributed by atoms with E-state index < -0.39 is 0 Å². The summed E-state index contributed by atoms with van der Waals surface area (Å²) in [5.41, 5.74) is 6.92. The van der Waals surface area contributed by atoms with Gasteiger partial charge in [0.05, 0.1) is 9.47 Å². The summed E-state index contributed by atoms with van der Waals surface area (Å²) in [5, 5.41) is 0. The lowest BCUT2D eigenvalue weighted by Crippen LogP contribution is -2.10. The fraction of sp³-hybridized carbons (Fsp3) is 0.308. The average molecular weight is 341 g/mol. The van der Waals surface area contributed by atoms with Crippen molar-refractivity contribution in [3.8, 4) is 0 Å². The molecule has 0 bridgehead atoms. The summed E-state index contributed by atoms with van der Waals surface area (Å²) in [6.45, 7) is 0.296. The molecule has 2 aromatic rings. The molecule has 2 aromatic heterocycles. The molecule has 1 saturated carbocycles. The van der Waals surface area contributed by atoms with E-state index >= 15 is 0 Å². The number of nitrogens with two attached hydrogens (primary N) is 1. The fourth-order valence-electron chi connectivity index (χ4n) is 1.96. The number of esters is 1. The summed E-state index contributed by atoms with van der Waals surface area (Å²) in [7, 11) is 0. The van der Waals surface area contributed by atoms with Crippen LogP contribution in [-0.4, -0.2) is 10.5 Å². The molecule has 0 unspecified atom stereocenters. The van der Waals surface area contributed by atoms with Gasteiger partial charge in [-0.05, 0) is 47.0 Å². The van der Waals surface area contributed by atoms with Gasteiger partial charge < -0.3 is 15.0 Å². The van der Waals surface area contributed by atoms with E-state index in [-0.39, 0.29) is 5.97 Å². The van der Waals surface area contributed by atoms with Crippen molar-refractivity contribution in [1.29, 1.82) is 0 Å². The molecule has 0 aromatic carbocycles. The topological polar surface area (TPSA) is 57.3 Å². The second-order valence-electron chi connectivity index (χ2n) is 4.58. The van der Waals surface area contributed by atoms with Crippen molar-refractivity contribution in [2.24, 2.45) is 0 Å². The second kappa shape index (κ2) is 5.02. The Kier molecular flexibility index (Phi) is 3.36. The molecule has 0 amide bonds. The first-order chi connectivity index (χ1) is 9.13. The first-order valence-corrected chi connectivity index (χ1v) is 7.63. The van der Waals surface area contributed by atoms with Gasteiger partial charge in [-0.25, -0.2) is 4.79 Å². The predicted molar refractivity (Wildman–Crippen MR) is 78.3 cm³/mol. The van der Waals surface area contributed by atoms with Crippen LogP contribution in [0.1, 0.15) is 34.2 Å². The van der Waals surface area contributed by atoms with Crippen LogP contribution in [0, 0.1) is 0 Å². The van der Waals surface area contributed by atoms with Crippen LogP contribution >= 0.6 is 27.3 Å². The molecular formula is C13H13BrN2O2S. The number of hydrogen-bond acceptors (Lipinski definition) is 4. The molecule has 0 spiro atoms. The minimum Gasteiger partial charge on any atom is -0.455 e. The molecule has 2 heterocycles. The zero-order chi connectivity index (χ0) is 13.4. The van der Waals surface area contributed by atoms with Crippen molar-refractivity contribution >= 4 is 38.9 Å². The Balaban J connectivity index is 1.70. The molecule has 6 heteroatoms. The van der Waals surface area contributed by atoms with Gasteiger partial charge in [0.15, 0.2) is 0 Å². The molecule has 100 valence electrons. The Morgan fingerprint density at radius 2 is 2.32 bits per heavy atom. The Hall–Kier alpha value is -1.27. The van der Waals surface area contributed by atoms with Crippen molar-refractivity contribution in [3.63, 3.8) is 0 Å². The van der Waals surface area contributed by atoms with E-state index in [2.05, 4.69) is 15.9 Å². The van der Waals surface area contributed by atoms with Crippen LogP contribution in [0.25, 0.3) is 0 Å². The lowest BCUT2D eigenvalue weighted by molar-refractivity contribution is 0.0464. The van der Waals surface area contributed by atoms with E-state index in [4.69, 9.17) is 10.5 Å². The number of hydrogen-bond donors (Lipinski definition) is 1. The number of halogens is 1. The van der Waals surface area contributed by atoms with Crippen LogP contribution in [0.15, 0.2) is 28.2 Å². The SMILES string of the molecule is Nc1cc(C(=O)OCc2ccc(Br)s2)n(C2CC2)c1. The highest BCUT2D eigenvalue weighted by Crippen LogP contribution is 2.37. The fourth-order valence-corrected chi connectivity index (χ4v) is 3.36. The third kappa shape index (κ3) is 2.84. The molecule has 1 fully saturated rings. The van der Waals surface area contributed by atoms with Crippen LogP contribution in [0.4, 0.5) is 5.69 Å². The number of aromatic nitrogens is 1. The average Bonchev–Trinajstić information content (AvgIpc) is 3.03. The Bertz CT molecular complexity index is 616. The van der Waals surface area contributed by atoms with Crippen LogP contribution in [0.3, 0.4) is 0 Å². The number of nitrogens with zero attached hydrogens (tertiary/aromatic N) is 1. The third-order valence-corrected chi connectivity index (χ3v) is 4.59. The number of nitrogen functional groups attached to an aromatic ring is 1. The maximum absolute atomic E-state index is 12.1. The number of carbonyl (C=O) groups is 1. The van der Waals surface area contributed by atoms with E-state index in [9.17, 15) is 4.79 Å². The lowest BCUT2D eigenvalue weighted by atomic mass is 10.4. The van der Waals surface area contributed by atoms with Gasteiger partial charge in [0.1, 0.15) is 12.3 Å². The Labute approximate surface area is 123 Å². The Morgan fingerprint density at radius 3 is 2.95 bits per heavy atom. The summed E-state index contributed by atoms with van der Waals surface area (Å²) in [5.74, 6) is -0.312. The van der Waals surface area contributed by atoms with Gasteiger partial charge in [-0.2, -0.15) is 0 Å². The number of ether oxygens (including phenoxy) is 1. The summed E-state index contributed by atoms with van der Waals surface area (Å²) >= 11 is 4.94. The first-order valence-electron chi connectivity index (χ1n) is 6.02. The predicted octanol–water partition coefficient (Wildman–Crippen LogP) is 3.59. The second-order valence-corrected chi connectivity index (χ2v) is 7.13. The van der Waals surface area contributed by atoms with Gasteiger partial charge in [-0.3, -0.25) is 0 Å². The van der Waals surface area contributed by atoms with E-state index in [0.717, 1.165) is 21.5 Å². The maximum Gasteiger partial charge on any atom is 0.355 e. The molecule has 0 atom stereocenters. The number of thiophene rings is 1. The monoisotopic (exact) mass is 340 g/mol. The molecule has 1 aliphatic rings. The normalized spacial score (nSPS) is 14.6. The first kappa shape index (κ1) is 12.7. The lowest BCUT2D eigenvalue weighted by Gasteiger charge is -2.07. The molecule has 19 heavy (non-hydrogen) atoms. The zero-order valence-corrected chi connectivity index (χ0v) is 12.5. The summed E-state index contributed by atoms with van der Waals surface area (Å²) < 4.78 is 8.30. The van der Waals surface area contributed by atoms with Gasteiger partial charge in [0.25, 0.3) is 0 Å². The summed E-state index contributed by atoms with van der Waals surface area (Å²) in [6, 6.07) is 5.98. The molecule has 4 nitrogen and oxygen atoms in total. The van der Waals surface area contributed by atoms with Crippen LogP contribution in [0.2, 0.25) is 0 Å². The smallest absolute Gasteiger partial charge is 0.355 e. The highest BCUT2D eigenvalue weighted by atomic mass is 79.9. The maximum atomic E-state index is 12.1. The zero-order valence-electron chi connectivity index (χ0n) is 10.1. The molecule has 0 aliphatic heterocycles. The molecule has 2 N–H and O–H groups in total.